The summed E-state index contributed by atoms with van der Waals surface area (Å²) in [6, 6.07) is 8.27. The second-order valence-electron chi connectivity index (χ2n) is 6.81. The van der Waals surface area contributed by atoms with E-state index in [1.54, 1.807) is 0 Å². The Hall–Kier alpha value is -1.88. The topological polar surface area (TPSA) is 50.3 Å². The minimum atomic E-state index is 0.306. The first-order valence-electron chi connectivity index (χ1n) is 9.27. The molecule has 2 fully saturated rings. The maximum Gasteiger partial charge on any atom is 0.227 e. The average molecular weight is 326 g/mol. The molecular weight excluding hydrogens is 300 g/mol. The normalized spacial score (nSPS) is 21.8. The van der Waals surface area contributed by atoms with E-state index in [9.17, 15) is 0 Å². The van der Waals surface area contributed by atoms with Crippen molar-refractivity contribution in [3.8, 4) is 0 Å². The largest absolute Gasteiger partial charge is 0.376 e. The van der Waals surface area contributed by atoms with Crippen LogP contribution in [0.5, 0.6) is 0 Å². The van der Waals surface area contributed by atoms with Gasteiger partial charge < -0.3 is 15.0 Å². The van der Waals surface area contributed by atoms with E-state index in [0.717, 1.165) is 61.8 Å². The van der Waals surface area contributed by atoms with Crippen molar-refractivity contribution in [3.63, 3.8) is 0 Å². The van der Waals surface area contributed by atoms with Gasteiger partial charge in [0.15, 0.2) is 0 Å². The highest BCUT2D eigenvalue weighted by Gasteiger charge is 2.18. The van der Waals surface area contributed by atoms with E-state index < -0.39 is 0 Å². The predicted molar refractivity (Wildman–Crippen MR) is 97.7 cm³/mol. The van der Waals surface area contributed by atoms with Crippen LogP contribution < -0.4 is 10.2 Å². The third-order valence-corrected chi connectivity index (χ3v) is 5.00. The first-order chi connectivity index (χ1) is 11.9. The van der Waals surface area contributed by atoms with Gasteiger partial charge in [-0.3, -0.25) is 0 Å². The van der Waals surface area contributed by atoms with Crippen molar-refractivity contribution in [2.24, 2.45) is 0 Å². The highest BCUT2D eigenvalue weighted by molar-refractivity contribution is 5.90. The zero-order valence-electron chi connectivity index (χ0n) is 14.2. The molecule has 1 unspecified atom stereocenters. The van der Waals surface area contributed by atoms with Crippen LogP contribution >= 0.6 is 0 Å². The first-order valence-corrected chi connectivity index (χ1v) is 9.27. The zero-order valence-corrected chi connectivity index (χ0v) is 14.2. The lowest BCUT2D eigenvalue weighted by Crippen LogP contribution is -2.27. The van der Waals surface area contributed by atoms with E-state index >= 15 is 0 Å². The third-order valence-electron chi connectivity index (χ3n) is 5.00. The van der Waals surface area contributed by atoms with Crippen molar-refractivity contribution in [3.05, 3.63) is 24.3 Å². The quantitative estimate of drug-likeness (QED) is 0.930. The second-order valence-corrected chi connectivity index (χ2v) is 6.81. The van der Waals surface area contributed by atoms with Gasteiger partial charge in [-0.1, -0.05) is 25.0 Å². The van der Waals surface area contributed by atoms with E-state index in [1.165, 1.54) is 25.7 Å². The van der Waals surface area contributed by atoms with Crippen molar-refractivity contribution in [1.82, 2.24) is 9.97 Å². The van der Waals surface area contributed by atoms with Crippen LogP contribution in [-0.2, 0) is 4.74 Å². The molecule has 5 nitrogen and oxygen atoms in total. The number of para-hydroxylation sites is 1. The lowest BCUT2D eigenvalue weighted by atomic mass is 10.2. The van der Waals surface area contributed by atoms with Crippen molar-refractivity contribution < 1.29 is 4.74 Å². The summed E-state index contributed by atoms with van der Waals surface area (Å²) in [6.45, 7) is 3.82. The summed E-state index contributed by atoms with van der Waals surface area (Å²) >= 11 is 0. The second kappa shape index (κ2) is 7.34. The van der Waals surface area contributed by atoms with Crippen molar-refractivity contribution in [2.45, 2.75) is 44.6 Å². The van der Waals surface area contributed by atoms with Gasteiger partial charge in [0.2, 0.25) is 5.95 Å². The van der Waals surface area contributed by atoms with Gasteiger partial charge in [-0.25, -0.2) is 4.98 Å². The fourth-order valence-electron chi connectivity index (χ4n) is 3.63. The number of nitrogens with zero attached hydrogens (tertiary/aromatic N) is 3. The van der Waals surface area contributed by atoms with Gasteiger partial charge in [0, 0.05) is 31.6 Å². The number of anilines is 2. The number of rotatable bonds is 4. The molecule has 0 aliphatic carbocycles. The summed E-state index contributed by atoms with van der Waals surface area (Å²) in [7, 11) is 0. The Balaban J connectivity index is 1.62. The number of hydrogen-bond donors (Lipinski definition) is 1. The van der Waals surface area contributed by atoms with Crippen LogP contribution in [0, 0.1) is 0 Å². The Kier molecular flexibility index (Phi) is 4.78. The van der Waals surface area contributed by atoms with Gasteiger partial charge in [-0.2, -0.15) is 4.98 Å². The molecule has 0 radical (unpaired) electrons. The molecule has 1 aromatic carbocycles. The summed E-state index contributed by atoms with van der Waals surface area (Å²) in [6.07, 6.45) is 7.69. The van der Waals surface area contributed by atoms with Crippen LogP contribution in [0.3, 0.4) is 0 Å². The van der Waals surface area contributed by atoms with E-state index in [4.69, 9.17) is 14.7 Å². The number of benzene rings is 1. The summed E-state index contributed by atoms with van der Waals surface area (Å²) in [4.78, 5) is 12.0. The number of hydrogen-bond acceptors (Lipinski definition) is 5. The molecule has 0 spiro atoms. The smallest absolute Gasteiger partial charge is 0.227 e. The number of fused-ring (bicyclic) bond motifs is 1. The summed E-state index contributed by atoms with van der Waals surface area (Å²) in [5, 5.41) is 4.61. The van der Waals surface area contributed by atoms with E-state index in [1.807, 2.05) is 6.07 Å². The van der Waals surface area contributed by atoms with Gasteiger partial charge in [0.05, 0.1) is 11.6 Å². The Morgan fingerprint density at radius 3 is 2.67 bits per heavy atom. The van der Waals surface area contributed by atoms with Crippen LogP contribution in [0.1, 0.15) is 38.5 Å². The van der Waals surface area contributed by atoms with Gasteiger partial charge in [0.25, 0.3) is 0 Å². The standard InChI is InChI=1S/C19H26N4O/c1-2-6-12-23(11-5-1)19-21-17-10-4-3-9-16(17)18(22-19)20-14-15-8-7-13-24-15/h3-4,9-10,15H,1-2,5-8,11-14H2,(H,20,21,22). The molecule has 4 rings (SSSR count). The molecule has 5 heteroatoms. The Morgan fingerprint density at radius 1 is 1.04 bits per heavy atom. The lowest BCUT2D eigenvalue weighted by molar-refractivity contribution is 0.120. The van der Waals surface area contributed by atoms with E-state index in [0.29, 0.717) is 6.10 Å². The SMILES string of the molecule is c1ccc2c(NCC3CCCO3)nc(N3CCCCCC3)nc2c1. The zero-order chi connectivity index (χ0) is 16.2. The fraction of sp³-hybridized carbons (Fsp3) is 0.579. The highest BCUT2D eigenvalue weighted by Crippen LogP contribution is 2.25. The molecular formula is C19H26N4O. The van der Waals surface area contributed by atoms with Crippen molar-refractivity contribution >= 4 is 22.7 Å². The maximum atomic E-state index is 5.73. The Morgan fingerprint density at radius 2 is 1.88 bits per heavy atom. The van der Waals surface area contributed by atoms with Gasteiger partial charge in [-0.05, 0) is 37.8 Å². The molecule has 2 aliphatic rings. The predicted octanol–water partition coefficient (Wildman–Crippen LogP) is 3.60. The molecule has 24 heavy (non-hydrogen) atoms. The fourth-order valence-corrected chi connectivity index (χ4v) is 3.63. The van der Waals surface area contributed by atoms with Crippen LogP contribution in [0.15, 0.2) is 24.3 Å². The molecule has 1 aromatic heterocycles. The monoisotopic (exact) mass is 326 g/mol. The molecule has 1 atom stereocenters. The number of ether oxygens (including phenoxy) is 1. The molecule has 2 saturated heterocycles. The molecule has 0 bridgehead atoms. The van der Waals surface area contributed by atoms with Crippen molar-refractivity contribution in [1.29, 1.82) is 0 Å². The van der Waals surface area contributed by atoms with Gasteiger partial charge in [-0.15, -0.1) is 0 Å². The molecule has 1 N–H and O–H groups in total. The average Bonchev–Trinajstić information content (AvgIpc) is 2.99. The summed E-state index contributed by atoms with van der Waals surface area (Å²) in [5.41, 5.74) is 1.02. The van der Waals surface area contributed by atoms with Gasteiger partial charge >= 0.3 is 0 Å². The number of aromatic nitrogens is 2. The highest BCUT2D eigenvalue weighted by atomic mass is 16.5. The lowest BCUT2D eigenvalue weighted by Gasteiger charge is -2.22. The molecule has 0 amide bonds. The Bertz CT molecular complexity index is 676. The van der Waals surface area contributed by atoms with Crippen LogP contribution in [-0.4, -0.2) is 42.3 Å². The molecule has 2 aliphatic heterocycles. The van der Waals surface area contributed by atoms with Crippen LogP contribution in [0.4, 0.5) is 11.8 Å². The third kappa shape index (κ3) is 3.46. The Labute approximate surface area is 143 Å². The van der Waals surface area contributed by atoms with E-state index in [2.05, 4.69) is 28.4 Å². The van der Waals surface area contributed by atoms with Gasteiger partial charge in [0.1, 0.15) is 5.82 Å². The van der Waals surface area contributed by atoms with Crippen LogP contribution in [0.2, 0.25) is 0 Å². The minimum Gasteiger partial charge on any atom is -0.376 e. The van der Waals surface area contributed by atoms with E-state index in [-0.39, 0.29) is 0 Å². The summed E-state index contributed by atoms with van der Waals surface area (Å²) in [5.74, 6) is 1.81. The molecule has 2 aromatic rings. The molecule has 128 valence electrons. The number of nitrogens with one attached hydrogen (secondary N) is 1. The molecule has 0 saturated carbocycles. The minimum absolute atomic E-state index is 0.306. The first kappa shape index (κ1) is 15.6. The maximum absolute atomic E-state index is 5.73. The van der Waals surface area contributed by atoms with Crippen LogP contribution in [0.25, 0.3) is 10.9 Å². The molecule has 3 heterocycles. The summed E-state index contributed by atoms with van der Waals surface area (Å²) < 4.78 is 5.73. The van der Waals surface area contributed by atoms with Crippen molar-refractivity contribution in [2.75, 3.05) is 36.5 Å².